The molecule has 0 saturated carbocycles. The Balaban J connectivity index is 1.41. The SMILES string of the molecule is CC(Oc1ccc2ncc(-c3ccc(N4CCCC4)cc3)n2n1)c1cc(Cl)n(C)n1. The van der Waals surface area contributed by atoms with Crippen LogP contribution in [0.5, 0.6) is 5.88 Å². The molecule has 3 aromatic heterocycles. The van der Waals surface area contributed by atoms with Gasteiger partial charge in [0.2, 0.25) is 5.88 Å². The van der Waals surface area contributed by atoms with Gasteiger partial charge in [0.15, 0.2) is 5.65 Å². The number of aromatic nitrogens is 5. The number of nitrogens with zero attached hydrogens (tertiary/aromatic N) is 6. The fourth-order valence-corrected chi connectivity index (χ4v) is 3.99. The van der Waals surface area contributed by atoms with Gasteiger partial charge in [0.25, 0.3) is 0 Å². The minimum atomic E-state index is -0.277. The molecule has 1 atom stereocenters. The molecule has 1 aliphatic rings. The number of anilines is 1. The maximum atomic E-state index is 6.09. The molecule has 154 valence electrons. The van der Waals surface area contributed by atoms with Crippen molar-refractivity contribution in [1.82, 2.24) is 24.4 Å². The number of aryl methyl sites for hydroxylation is 1. The highest BCUT2D eigenvalue weighted by atomic mass is 35.5. The molecule has 0 radical (unpaired) electrons. The Bertz CT molecular complexity index is 1160. The molecule has 0 spiro atoms. The zero-order valence-electron chi connectivity index (χ0n) is 17.0. The highest BCUT2D eigenvalue weighted by Crippen LogP contribution is 2.27. The van der Waals surface area contributed by atoms with Crippen LogP contribution in [0.4, 0.5) is 5.69 Å². The summed E-state index contributed by atoms with van der Waals surface area (Å²) in [6.45, 7) is 4.20. The molecule has 1 aliphatic heterocycles. The smallest absolute Gasteiger partial charge is 0.232 e. The van der Waals surface area contributed by atoms with E-state index in [1.54, 1.807) is 17.8 Å². The van der Waals surface area contributed by atoms with Crippen molar-refractivity contribution in [2.45, 2.75) is 25.9 Å². The molecule has 4 aromatic rings. The molecule has 5 rings (SSSR count). The lowest BCUT2D eigenvalue weighted by atomic mass is 10.1. The summed E-state index contributed by atoms with van der Waals surface area (Å²) < 4.78 is 9.46. The monoisotopic (exact) mass is 422 g/mol. The van der Waals surface area contributed by atoms with E-state index in [0.717, 1.165) is 35.7 Å². The van der Waals surface area contributed by atoms with Crippen molar-refractivity contribution in [3.8, 4) is 17.1 Å². The van der Waals surface area contributed by atoms with E-state index in [1.165, 1.54) is 18.5 Å². The quantitative estimate of drug-likeness (QED) is 0.473. The molecular formula is C22H23ClN6O. The summed E-state index contributed by atoms with van der Waals surface area (Å²) in [7, 11) is 1.80. The second kappa shape index (κ2) is 7.65. The van der Waals surface area contributed by atoms with Gasteiger partial charge in [-0.1, -0.05) is 23.7 Å². The minimum absolute atomic E-state index is 0.277. The first kappa shape index (κ1) is 18.9. The summed E-state index contributed by atoms with van der Waals surface area (Å²) in [5.74, 6) is 0.504. The van der Waals surface area contributed by atoms with Crippen LogP contribution < -0.4 is 9.64 Å². The van der Waals surface area contributed by atoms with Crippen LogP contribution in [-0.4, -0.2) is 37.5 Å². The molecule has 0 N–H and O–H groups in total. The van der Waals surface area contributed by atoms with E-state index in [2.05, 4.69) is 44.3 Å². The van der Waals surface area contributed by atoms with E-state index < -0.39 is 0 Å². The fourth-order valence-electron chi connectivity index (χ4n) is 3.84. The minimum Gasteiger partial charge on any atom is -0.467 e. The van der Waals surface area contributed by atoms with Crippen LogP contribution in [0.15, 0.2) is 48.7 Å². The molecular weight excluding hydrogens is 400 g/mol. The number of fused-ring (bicyclic) bond motifs is 1. The van der Waals surface area contributed by atoms with Crippen LogP contribution in [0, 0.1) is 0 Å². The first-order chi connectivity index (χ1) is 14.6. The maximum Gasteiger partial charge on any atom is 0.232 e. The normalized spacial score (nSPS) is 15.1. The molecule has 4 heterocycles. The second-order valence-electron chi connectivity index (χ2n) is 7.60. The number of hydrogen-bond acceptors (Lipinski definition) is 5. The molecule has 7 nitrogen and oxygen atoms in total. The van der Waals surface area contributed by atoms with E-state index in [0.29, 0.717) is 11.0 Å². The van der Waals surface area contributed by atoms with Gasteiger partial charge in [-0.05, 0) is 38.0 Å². The van der Waals surface area contributed by atoms with E-state index >= 15 is 0 Å². The van der Waals surface area contributed by atoms with Crippen molar-refractivity contribution < 1.29 is 4.74 Å². The van der Waals surface area contributed by atoms with Crippen LogP contribution in [0.2, 0.25) is 5.15 Å². The van der Waals surface area contributed by atoms with E-state index in [9.17, 15) is 0 Å². The Kier molecular flexibility index (Phi) is 4.83. The van der Waals surface area contributed by atoms with Crippen molar-refractivity contribution >= 4 is 22.9 Å². The number of hydrogen-bond donors (Lipinski definition) is 0. The van der Waals surface area contributed by atoms with Gasteiger partial charge in [0, 0.05) is 43.5 Å². The molecule has 0 aliphatic carbocycles. The first-order valence-electron chi connectivity index (χ1n) is 10.1. The molecule has 1 unspecified atom stereocenters. The number of imidazole rings is 1. The Morgan fingerprint density at radius 3 is 2.50 bits per heavy atom. The van der Waals surface area contributed by atoms with Crippen LogP contribution >= 0.6 is 11.6 Å². The molecule has 0 amide bonds. The predicted octanol–water partition coefficient (Wildman–Crippen LogP) is 4.52. The lowest BCUT2D eigenvalue weighted by Gasteiger charge is -2.17. The van der Waals surface area contributed by atoms with Crippen molar-refractivity contribution in [2.24, 2.45) is 7.05 Å². The lowest BCUT2D eigenvalue weighted by molar-refractivity contribution is 0.208. The average Bonchev–Trinajstić information content (AvgIpc) is 3.49. The van der Waals surface area contributed by atoms with Gasteiger partial charge in [-0.2, -0.15) is 5.10 Å². The van der Waals surface area contributed by atoms with Crippen LogP contribution in [0.3, 0.4) is 0 Å². The zero-order chi connectivity index (χ0) is 20.7. The van der Waals surface area contributed by atoms with E-state index in [-0.39, 0.29) is 6.10 Å². The summed E-state index contributed by atoms with van der Waals surface area (Å²) >= 11 is 6.09. The summed E-state index contributed by atoms with van der Waals surface area (Å²) in [5.41, 5.74) is 4.80. The van der Waals surface area contributed by atoms with Crippen LogP contribution in [0.1, 0.15) is 31.6 Å². The standard InChI is InChI=1S/C22H23ClN6O/c1-15(18-13-20(23)27(2)25-18)30-22-10-9-21-24-14-19(29(21)26-22)16-5-7-17(8-6-16)28-11-3-4-12-28/h5-10,13-15H,3-4,11-12H2,1-2H3. The molecule has 1 aromatic carbocycles. The van der Waals surface area contributed by atoms with Gasteiger partial charge in [0.05, 0.1) is 11.9 Å². The van der Waals surface area contributed by atoms with Crippen LogP contribution in [0.25, 0.3) is 16.9 Å². The zero-order valence-corrected chi connectivity index (χ0v) is 17.8. The highest BCUT2D eigenvalue weighted by Gasteiger charge is 2.16. The van der Waals surface area contributed by atoms with E-state index in [1.807, 2.05) is 29.8 Å². The maximum absolute atomic E-state index is 6.09. The van der Waals surface area contributed by atoms with Gasteiger partial charge in [-0.15, -0.1) is 5.10 Å². The van der Waals surface area contributed by atoms with Gasteiger partial charge < -0.3 is 9.64 Å². The van der Waals surface area contributed by atoms with Gasteiger partial charge in [-0.3, -0.25) is 4.68 Å². The third-order valence-corrected chi connectivity index (χ3v) is 5.88. The Morgan fingerprint density at radius 2 is 1.80 bits per heavy atom. The molecule has 1 fully saturated rings. The van der Waals surface area contributed by atoms with Crippen molar-refractivity contribution in [1.29, 1.82) is 0 Å². The highest BCUT2D eigenvalue weighted by molar-refractivity contribution is 6.29. The molecule has 8 heteroatoms. The first-order valence-corrected chi connectivity index (χ1v) is 10.5. The molecule has 0 bridgehead atoms. The third-order valence-electron chi connectivity index (χ3n) is 5.53. The Hall–Kier alpha value is -3.06. The van der Waals surface area contributed by atoms with Gasteiger partial charge >= 0.3 is 0 Å². The van der Waals surface area contributed by atoms with Crippen molar-refractivity contribution in [2.75, 3.05) is 18.0 Å². The average molecular weight is 423 g/mol. The van der Waals surface area contributed by atoms with Crippen molar-refractivity contribution in [3.05, 3.63) is 59.5 Å². The fraction of sp³-hybridized carbons (Fsp3) is 0.318. The predicted molar refractivity (Wildman–Crippen MR) is 117 cm³/mol. The summed E-state index contributed by atoms with van der Waals surface area (Å²) in [5, 5.41) is 9.60. The van der Waals surface area contributed by atoms with E-state index in [4.69, 9.17) is 16.3 Å². The number of ether oxygens (including phenoxy) is 1. The van der Waals surface area contributed by atoms with Crippen molar-refractivity contribution in [3.63, 3.8) is 0 Å². The summed E-state index contributed by atoms with van der Waals surface area (Å²) in [6.07, 6.45) is 4.11. The largest absolute Gasteiger partial charge is 0.467 e. The van der Waals surface area contributed by atoms with Gasteiger partial charge in [0.1, 0.15) is 17.0 Å². The third kappa shape index (κ3) is 3.50. The molecule has 1 saturated heterocycles. The van der Waals surface area contributed by atoms with Gasteiger partial charge in [-0.25, -0.2) is 9.50 Å². The molecule has 30 heavy (non-hydrogen) atoms. The lowest BCUT2D eigenvalue weighted by Crippen LogP contribution is -2.17. The number of benzene rings is 1. The number of halogens is 1. The second-order valence-corrected chi connectivity index (χ2v) is 7.99. The summed E-state index contributed by atoms with van der Waals surface area (Å²) in [6, 6.07) is 14.1. The number of rotatable bonds is 5. The Labute approximate surface area is 179 Å². The summed E-state index contributed by atoms with van der Waals surface area (Å²) in [4.78, 5) is 6.91. The Morgan fingerprint density at radius 1 is 1.03 bits per heavy atom. The topological polar surface area (TPSA) is 60.5 Å². The van der Waals surface area contributed by atoms with Crippen LogP contribution in [-0.2, 0) is 7.05 Å².